The van der Waals surface area contributed by atoms with Gasteiger partial charge in [-0.25, -0.2) is 0 Å². The monoisotopic (exact) mass is 354 g/mol. The van der Waals surface area contributed by atoms with Gasteiger partial charge in [-0.3, -0.25) is 14.4 Å². The van der Waals surface area contributed by atoms with Crippen molar-refractivity contribution < 1.29 is 9.53 Å². The lowest BCUT2D eigenvalue weighted by atomic mass is 10.1. The molecule has 138 valence electrons. The summed E-state index contributed by atoms with van der Waals surface area (Å²) in [6, 6.07) is 10.3. The second kappa shape index (κ2) is 7.60. The number of ether oxygens (including phenoxy) is 1. The Bertz CT molecular complexity index is 744. The van der Waals surface area contributed by atoms with E-state index in [-0.39, 0.29) is 12.0 Å². The van der Waals surface area contributed by atoms with E-state index in [0.717, 1.165) is 63.4 Å². The molecule has 26 heavy (non-hydrogen) atoms. The molecule has 1 aromatic heterocycles. The van der Waals surface area contributed by atoms with Crippen LogP contribution in [-0.2, 0) is 23.1 Å². The van der Waals surface area contributed by atoms with Crippen LogP contribution in [0.4, 0.5) is 0 Å². The maximum Gasteiger partial charge on any atom is 0.251 e. The van der Waals surface area contributed by atoms with Gasteiger partial charge in [0.2, 0.25) is 0 Å². The fourth-order valence-electron chi connectivity index (χ4n) is 3.84. The first-order valence-electron chi connectivity index (χ1n) is 9.41. The lowest BCUT2D eigenvalue weighted by Crippen LogP contribution is -2.51. The van der Waals surface area contributed by atoms with Crippen LogP contribution in [-0.4, -0.2) is 64.4 Å². The summed E-state index contributed by atoms with van der Waals surface area (Å²) in [7, 11) is 1.97. The molecule has 3 heterocycles. The van der Waals surface area contributed by atoms with Gasteiger partial charge >= 0.3 is 0 Å². The lowest BCUT2D eigenvalue weighted by Gasteiger charge is -2.35. The van der Waals surface area contributed by atoms with Crippen LogP contribution in [0.25, 0.3) is 11.3 Å². The van der Waals surface area contributed by atoms with Gasteiger partial charge in [-0.2, -0.15) is 5.10 Å². The third-order valence-electron chi connectivity index (χ3n) is 5.23. The predicted molar refractivity (Wildman–Crippen MR) is 99.5 cm³/mol. The smallest absolute Gasteiger partial charge is 0.251 e. The maximum atomic E-state index is 12.5. The third-order valence-corrected chi connectivity index (χ3v) is 5.23. The van der Waals surface area contributed by atoms with Gasteiger partial charge in [0.25, 0.3) is 5.91 Å². The van der Waals surface area contributed by atoms with Crippen molar-refractivity contribution in [3.63, 3.8) is 0 Å². The highest BCUT2D eigenvalue weighted by Crippen LogP contribution is 2.23. The van der Waals surface area contributed by atoms with E-state index in [0.29, 0.717) is 0 Å². The van der Waals surface area contributed by atoms with E-state index >= 15 is 0 Å². The third kappa shape index (κ3) is 3.66. The van der Waals surface area contributed by atoms with Gasteiger partial charge in [0.05, 0.1) is 5.69 Å². The first kappa shape index (κ1) is 17.2. The average molecular weight is 354 g/mol. The number of benzene rings is 1. The van der Waals surface area contributed by atoms with Crippen molar-refractivity contribution >= 4 is 5.91 Å². The molecule has 4 rings (SSSR count). The highest BCUT2D eigenvalue weighted by atomic mass is 16.5. The molecule has 1 aromatic carbocycles. The van der Waals surface area contributed by atoms with Crippen molar-refractivity contribution in [3.05, 3.63) is 42.1 Å². The molecule has 1 unspecified atom stereocenters. The fourth-order valence-corrected chi connectivity index (χ4v) is 3.84. The summed E-state index contributed by atoms with van der Waals surface area (Å²) in [6.07, 6.45) is 3.77. The molecule has 6 heteroatoms. The van der Waals surface area contributed by atoms with Gasteiger partial charge in [0.15, 0.2) is 0 Å². The molecule has 2 aliphatic heterocycles. The van der Waals surface area contributed by atoms with Gasteiger partial charge in [-0.15, -0.1) is 0 Å². The molecular formula is C20H26N4O2. The Labute approximate surface area is 154 Å². The largest absolute Gasteiger partial charge is 0.368 e. The SMILES string of the molecule is Cn1cc(CN2CCN(C(=O)C3CCCO3)CC2)c(-c2ccccc2)n1. The van der Waals surface area contributed by atoms with Crippen LogP contribution >= 0.6 is 0 Å². The molecule has 0 N–H and O–H groups in total. The quantitative estimate of drug-likeness (QED) is 0.842. The number of aryl methyl sites for hydroxylation is 1. The zero-order chi connectivity index (χ0) is 17.9. The van der Waals surface area contributed by atoms with Gasteiger partial charge in [0.1, 0.15) is 6.10 Å². The molecule has 0 aliphatic carbocycles. The number of nitrogens with zero attached hydrogens (tertiary/aromatic N) is 4. The topological polar surface area (TPSA) is 50.6 Å². The first-order valence-corrected chi connectivity index (χ1v) is 9.41. The van der Waals surface area contributed by atoms with Crippen LogP contribution in [0.2, 0.25) is 0 Å². The molecule has 2 fully saturated rings. The summed E-state index contributed by atoms with van der Waals surface area (Å²) in [5.41, 5.74) is 3.43. The Morgan fingerprint density at radius 2 is 1.96 bits per heavy atom. The number of hydrogen-bond acceptors (Lipinski definition) is 4. The molecule has 6 nitrogen and oxygen atoms in total. The Balaban J connectivity index is 1.38. The lowest BCUT2D eigenvalue weighted by molar-refractivity contribution is -0.142. The van der Waals surface area contributed by atoms with E-state index in [1.54, 1.807) is 0 Å². The van der Waals surface area contributed by atoms with Crippen molar-refractivity contribution in [1.82, 2.24) is 19.6 Å². The van der Waals surface area contributed by atoms with E-state index in [2.05, 4.69) is 28.3 Å². The zero-order valence-corrected chi connectivity index (χ0v) is 15.3. The van der Waals surface area contributed by atoms with E-state index < -0.39 is 0 Å². The van der Waals surface area contributed by atoms with Gasteiger partial charge in [0, 0.05) is 63.7 Å². The van der Waals surface area contributed by atoms with Crippen molar-refractivity contribution in [2.45, 2.75) is 25.5 Å². The molecular weight excluding hydrogens is 328 g/mol. The van der Waals surface area contributed by atoms with Gasteiger partial charge in [-0.05, 0) is 12.8 Å². The summed E-state index contributed by atoms with van der Waals surface area (Å²) in [4.78, 5) is 16.8. The number of rotatable bonds is 4. The van der Waals surface area contributed by atoms with E-state index in [1.165, 1.54) is 5.56 Å². The van der Waals surface area contributed by atoms with Crippen molar-refractivity contribution in [3.8, 4) is 11.3 Å². The van der Waals surface area contributed by atoms with Crippen molar-refractivity contribution in [2.75, 3.05) is 32.8 Å². The summed E-state index contributed by atoms with van der Waals surface area (Å²) in [5, 5.41) is 4.65. The molecule has 0 spiro atoms. The van der Waals surface area contributed by atoms with Crippen LogP contribution in [0.5, 0.6) is 0 Å². The summed E-state index contributed by atoms with van der Waals surface area (Å²) < 4.78 is 7.43. The van der Waals surface area contributed by atoms with Crippen LogP contribution < -0.4 is 0 Å². The number of piperazine rings is 1. The molecule has 0 saturated carbocycles. The zero-order valence-electron chi connectivity index (χ0n) is 15.3. The molecule has 2 aliphatic rings. The molecule has 0 radical (unpaired) electrons. The minimum Gasteiger partial charge on any atom is -0.368 e. The van der Waals surface area contributed by atoms with E-state index in [4.69, 9.17) is 4.74 Å². The number of hydrogen-bond donors (Lipinski definition) is 0. The molecule has 0 bridgehead atoms. The van der Waals surface area contributed by atoms with E-state index in [1.807, 2.05) is 34.8 Å². The minimum absolute atomic E-state index is 0.175. The highest BCUT2D eigenvalue weighted by Gasteiger charge is 2.30. The van der Waals surface area contributed by atoms with Crippen molar-refractivity contribution in [2.24, 2.45) is 7.05 Å². The number of carbonyl (C=O) groups excluding carboxylic acids is 1. The second-order valence-electron chi connectivity index (χ2n) is 7.15. The average Bonchev–Trinajstić information content (AvgIpc) is 3.32. The molecule has 1 atom stereocenters. The molecule has 1 amide bonds. The van der Waals surface area contributed by atoms with E-state index in [9.17, 15) is 4.79 Å². The number of aromatic nitrogens is 2. The van der Waals surface area contributed by atoms with Crippen molar-refractivity contribution in [1.29, 1.82) is 0 Å². The standard InChI is InChI=1S/C20H26N4O2/c1-22-14-17(19(21-22)16-6-3-2-4-7-16)15-23-9-11-24(12-10-23)20(25)18-8-5-13-26-18/h2-4,6-7,14,18H,5,8-13,15H2,1H3. The Morgan fingerprint density at radius 3 is 2.65 bits per heavy atom. The maximum absolute atomic E-state index is 12.5. The van der Waals surface area contributed by atoms with Crippen LogP contribution in [0.1, 0.15) is 18.4 Å². The molecule has 2 aromatic rings. The number of carbonyl (C=O) groups is 1. The fraction of sp³-hybridized carbons (Fsp3) is 0.500. The summed E-state index contributed by atoms with van der Waals surface area (Å²) in [6.45, 7) is 4.92. The Hall–Kier alpha value is -2.18. The van der Waals surface area contributed by atoms with Crippen LogP contribution in [0.15, 0.2) is 36.5 Å². The normalized spacial score (nSPS) is 21.3. The number of amides is 1. The highest BCUT2D eigenvalue weighted by molar-refractivity contribution is 5.81. The Kier molecular flexibility index (Phi) is 5.04. The Morgan fingerprint density at radius 1 is 1.19 bits per heavy atom. The first-order chi connectivity index (χ1) is 12.7. The van der Waals surface area contributed by atoms with Crippen LogP contribution in [0.3, 0.4) is 0 Å². The summed E-state index contributed by atoms with van der Waals surface area (Å²) >= 11 is 0. The van der Waals surface area contributed by atoms with Gasteiger partial charge in [-0.1, -0.05) is 30.3 Å². The predicted octanol–water partition coefficient (Wildman–Crippen LogP) is 1.91. The summed E-state index contributed by atoms with van der Waals surface area (Å²) in [5.74, 6) is 0.175. The second-order valence-corrected chi connectivity index (χ2v) is 7.15. The van der Waals surface area contributed by atoms with Crippen LogP contribution in [0, 0.1) is 0 Å². The molecule has 2 saturated heterocycles. The van der Waals surface area contributed by atoms with Gasteiger partial charge < -0.3 is 9.64 Å². The minimum atomic E-state index is -0.204.